The number of hydrogen-bond donors (Lipinski definition) is 1. The van der Waals surface area contributed by atoms with Crippen LogP contribution in [0.25, 0.3) is 16.9 Å². The molecule has 0 aliphatic rings. The lowest BCUT2D eigenvalue weighted by Crippen LogP contribution is -2.26. The molecule has 0 radical (unpaired) electrons. The van der Waals surface area contributed by atoms with Gasteiger partial charge in [-0.15, -0.1) is 0 Å². The molecule has 0 spiro atoms. The number of imidazole rings is 1. The molecule has 0 saturated carbocycles. The second-order valence-electron chi connectivity index (χ2n) is 7.14. The number of nitrogens with one attached hydrogen (secondary N) is 1. The van der Waals surface area contributed by atoms with E-state index in [1.54, 1.807) is 43.0 Å². The predicted molar refractivity (Wildman–Crippen MR) is 112 cm³/mol. The molecule has 1 N–H and O–H groups in total. The third-order valence-corrected chi connectivity index (χ3v) is 5.11. The van der Waals surface area contributed by atoms with E-state index in [1.165, 1.54) is 6.92 Å². The number of hydrogen-bond acceptors (Lipinski definition) is 4. The van der Waals surface area contributed by atoms with E-state index in [2.05, 4.69) is 20.4 Å². The van der Waals surface area contributed by atoms with Gasteiger partial charge in [-0.3, -0.25) is 4.79 Å². The van der Waals surface area contributed by atoms with Crippen LogP contribution in [0.3, 0.4) is 0 Å². The van der Waals surface area contributed by atoms with Gasteiger partial charge in [0.15, 0.2) is 11.3 Å². The van der Waals surface area contributed by atoms with E-state index in [-0.39, 0.29) is 22.6 Å². The van der Waals surface area contributed by atoms with Gasteiger partial charge >= 0.3 is 6.18 Å². The third-order valence-electron chi connectivity index (χ3n) is 4.86. The Morgan fingerprint density at radius 2 is 1.97 bits per heavy atom. The molecule has 0 bridgehead atoms. The van der Waals surface area contributed by atoms with Crippen molar-refractivity contribution < 1.29 is 18.0 Å². The largest absolute Gasteiger partial charge is 0.433 e. The summed E-state index contributed by atoms with van der Waals surface area (Å²) >= 11 is 5.89. The molecule has 0 fully saturated rings. The molecular weight excluding hydrogens is 445 g/mol. The van der Waals surface area contributed by atoms with E-state index in [1.807, 2.05) is 4.57 Å². The van der Waals surface area contributed by atoms with Crippen LogP contribution in [-0.2, 0) is 12.7 Å². The van der Waals surface area contributed by atoms with Crippen molar-refractivity contribution in [3.8, 4) is 11.3 Å². The van der Waals surface area contributed by atoms with Crippen LogP contribution in [-0.4, -0.2) is 36.6 Å². The number of benzene rings is 1. The Morgan fingerprint density at radius 1 is 1.22 bits per heavy atom. The maximum atomic E-state index is 13.8. The summed E-state index contributed by atoms with van der Waals surface area (Å²) < 4.78 is 43.9. The van der Waals surface area contributed by atoms with Crippen LogP contribution in [0, 0.1) is 6.92 Å². The van der Waals surface area contributed by atoms with Crippen molar-refractivity contribution in [2.24, 2.45) is 0 Å². The highest BCUT2D eigenvalue weighted by atomic mass is 35.5. The average Bonchev–Trinajstić information content (AvgIpc) is 3.37. The highest BCUT2D eigenvalue weighted by Crippen LogP contribution is 2.33. The van der Waals surface area contributed by atoms with Gasteiger partial charge in [-0.2, -0.15) is 18.3 Å². The number of carbonyl (C=O) groups is 1. The fraction of sp³-hybridized carbons (Fsp3) is 0.238. The van der Waals surface area contributed by atoms with Gasteiger partial charge in [0.25, 0.3) is 5.91 Å². The Balaban J connectivity index is 1.69. The van der Waals surface area contributed by atoms with Crippen LogP contribution < -0.4 is 5.32 Å². The fourth-order valence-electron chi connectivity index (χ4n) is 3.33. The molecule has 4 rings (SSSR count). The van der Waals surface area contributed by atoms with Crippen LogP contribution in [0.15, 0.2) is 49.1 Å². The number of carbonyl (C=O) groups excluding carboxylic acids is 1. The number of aromatic nitrogens is 5. The van der Waals surface area contributed by atoms with E-state index in [9.17, 15) is 18.0 Å². The van der Waals surface area contributed by atoms with Gasteiger partial charge in [0.1, 0.15) is 5.56 Å². The smallest absolute Gasteiger partial charge is 0.352 e. The first-order valence-electron chi connectivity index (χ1n) is 9.71. The van der Waals surface area contributed by atoms with Crippen LogP contribution >= 0.6 is 11.6 Å². The molecule has 166 valence electrons. The SMILES string of the molecule is Cc1nn2c(C(F)(F)F)cc(-c3ccc(Cl)cc3)nc2c1C(=O)NCCCn1ccnc1. The van der Waals surface area contributed by atoms with E-state index in [0.29, 0.717) is 34.6 Å². The molecule has 1 amide bonds. The number of amides is 1. The highest BCUT2D eigenvalue weighted by molar-refractivity contribution is 6.30. The standard InChI is InChI=1S/C21H18ClF3N6O/c1-13-18(20(32)27-7-2-9-30-10-8-26-12-30)19-28-16(14-3-5-15(22)6-4-14)11-17(21(23,24)25)31(19)29-13/h3-6,8,10-12H,2,7,9H2,1H3,(H,27,32). The van der Waals surface area contributed by atoms with Gasteiger partial charge in [0.2, 0.25) is 0 Å². The normalized spacial score (nSPS) is 11.8. The summed E-state index contributed by atoms with van der Waals surface area (Å²) in [6, 6.07) is 7.17. The quantitative estimate of drug-likeness (QED) is 0.431. The Hall–Kier alpha value is -3.40. The van der Waals surface area contributed by atoms with Crippen molar-refractivity contribution in [3.05, 3.63) is 71.0 Å². The summed E-state index contributed by atoms with van der Waals surface area (Å²) in [5.74, 6) is -0.531. The summed E-state index contributed by atoms with van der Waals surface area (Å²) in [5.41, 5.74) is -0.509. The minimum absolute atomic E-state index is 0.00828. The molecule has 7 nitrogen and oxygen atoms in total. The molecular formula is C21H18ClF3N6O. The molecule has 0 saturated heterocycles. The first kappa shape index (κ1) is 21.8. The molecule has 4 aromatic rings. The molecule has 3 heterocycles. The van der Waals surface area contributed by atoms with Crippen molar-refractivity contribution in [2.45, 2.75) is 26.1 Å². The predicted octanol–water partition coefficient (Wildman–Crippen LogP) is 4.39. The summed E-state index contributed by atoms with van der Waals surface area (Å²) in [7, 11) is 0. The van der Waals surface area contributed by atoms with Gasteiger partial charge in [-0.25, -0.2) is 14.5 Å². The van der Waals surface area contributed by atoms with Crippen LogP contribution in [0.4, 0.5) is 13.2 Å². The zero-order valence-corrected chi connectivity index (χ0v) is 17.7. The fourth-order valence-corrected chi connectivity index (χ4v) is 3.46. The van der Waals surface area contributed by atoms with Crippen molar-refractivity contribution in [1.82, 2.24) is 29.5 Å². The van der Waals surface area contributed by atoms with Crippen LogP contribution in [0.1, 0.15) is 28.2 Å². The molecule has 11 heteroatoms. The lowest BCUT2D eigenvalue weighted by Gasteiger charge is -2.12. The van der Waals surface area contributed by atoms with E-state index in [0.717, 1.165) is 6.07 Å². The third kappa shape index (κ3) is 4.45. The highest BCUT2D eigenvalue weighted by Gasteiger charge is 2.36. The number of alkyl halides is 3. The van der Waals surface area contributed by atoms with E-state index >= 15 is 0 Å². The summed E-state index contributed by atoms with van der Waals surface area (Å²) in [6.07, 6.45) is 1.05. The number of nitrogens with zero attached hydrogens (tertiary/aromatic N) is 5. The van der Waals surface area contributed by atoms with Gasteiger partial charge in [0.05, 0.1) is 17.7 Å². The van der Waals surface area contributed by atoms with Crippen LogP contribution in [0.2, 0.25) is 5.02 Å². The molecule has 32 heavy (non-hydrogen) atoms. The second-order valence-corrected chi connectivity index (χ2v) is 7.57. The van der Waals surface area contributed by atoms with E-state index < -0.39 is 17.8 Å². The van der Waals surface area contributed by atoms with Crippen molar-refractivity contribution >= 4 is 23.2 Å². The lowest BCUT2D eigenvalue weighted by molar-refractivity contribution is -0.142. The van der Waals surface area contributed by atoms with Gasteiger partial charge in [0, 0.05) is 36.1 Å². The zero-order valence-electron chi connectivity index (χ0n) is 16.9. The molecule has 1 aromatic carbocycles. The Kier molecular flexibility index (Phi) is 5.88. The molecule has 3 aromatic heterocycles. The minimum atomic E-state index is -4.70. The van der Waals surface area contributed by atoms with Crippen LogP contribution in [0.5, 0.6) is 0 Å². The number of halogens is 4. The first-order chi connectivity index (χ1) is 15.2. The Labute approximate surface area is 185 Å². The monoisotopic (exact) mass is 462 g/mol. The second kappa shape index (κ2) is 8.62. The number of aryl methyl sites for hydroxylation is 2. The van der Waals surface area contributed by atoms with Crippen molar-refractivity contribution in [2.75, 3.05) is 6.54 Å². The molecule has 0 aliphatic carbocycles. The van der Waals surface area contributed by atoms with Gasteiger partial charge in [-0.05, 0) is 31.5 Å². The number of fused-ring (bicyclic) bond motifs is 1. The van der Waals surface area contributed by atoms with Crippen molar-refractivity contribution in [3.63, 3.8) is 0 Å². The van der Waals surface area contributed by atoms with Gasteiger partial charge < -0.3 is 9.88 Å². The first-order valence-corrected chi connectivity index (χ1v) is 10.1. The lowest BCUT2D eigenvalue weighted by atomic mass is 10.1. The average molecular weight is 463 g/mol. The maximum absolute atomic E-state index is 13.8. The zero-order chi connectivity index (χ0) is 22.9. The summed E-state index contributed by atoms with van der Waals surface area (Å²) in [4.78, 5) is 21.1. The Bertz CT molecular complexity index is 1250. The van der Waals surface area contributed by atoms with Gasteiger partial charge in [-0.1, -0.05) is 23.7 Å². The maximum Gasteiger partial charge on any atom is 0.433 e. The van der Waals surface area contributed by atoms with E-state index in [4.69, 9.17) is 11.6 Å². The molecule has 0 aliphatic heterocycles. The topological polar surface area (TPSA) is 77.1 Å². The molecule has 0 atom stereocenters. The minimum Gasteiger partial charge on any atom is -0.352 e. The summed E-state index contributed by atoms with van der Waals surface area (Å²) in [6.45, 7) is 2.46. The number of rotatable bonds is 6. The Morgan fingerprint density at radius 3 is 2.62 bits per heavy atom. The summed E-state index contributed by atoms with van der Waals surface area (Å²) in [5, 5.41) is 7.15. The molecule has 0 unspecified atom stereocenters. The van der Waals surface area contributed by atoms with Crippen molar-refractivity contribution in [1.29, 1.82) is 0 Å².